The van der Waals surface area contributed by atoms with E-state index in [2.05, 4.69) is 10.6 Å². The van der Waals surface area contributed by atoms with E-state index in [0.717, 1.165) is 11.6 Å². The van der Waals surface area contributed by atoms with Crippen molar-refractivity contribution in [3.05, 3.63) is 94.3 Å². The fourth-order valence-electron chi connectivity index (χ4n) is 5.05. The van der Waals surface area contributed by atoms with E-state index in [0.29, 0.717) is 41.4 Å². The van der Waals surface area contributed by atoms with Gasteiger partial charge in [-0.2, -0.15) is 0 Å². The molecule has 40 heavy (non-hydrogen) atoms. The molecule has 2 N–H and O–H groups in total. The summed E-state index contributed by atoms with van der Waals surface area (Å²) in [7, 11) is 1.72. The van der Waals surface area contributed by atoms with Crippen LogP contribution in [0, 0.1) is 5.82 Å². The van der Waals surface area contributed by atoms with Gasteiger partial charge in [0.1, 0.15) is 24.3 Å². The average Bonchev–Trinajstić information content (AvgIpc) is 2.95. The molecule has 0 saturated carbocycles. The van der Waals surface area contributed by atoms with Crippen molar-refractivity contribution in [3.8, 4) is 5.75 Å². The number of benzene rings is 3. The minimum absolute atomic E-state index is 0.141. The molecule has 5 rings (SSSR count). The van der Waals surface area contributed by atoms with Gasteiger partial charge in [-0.25, -0.2) is 4.39 Å². The first-order chi connectivity index (χ1) is 19.3. The molecule has 2 aliphatic heterocycles. The Morgan fingerprint density at radius 3 is 2.70 bits per heavy atom. The highest BCUT2D eigenvalue weighted by Crippen LogP contribution is 2.32. The molecule has 0 radical (unpaired) electrons. The van der Waals surface area contributed by atoms with E-state index in [-0.39, 0.29) is 42.6 Å². The summed E-state index contributed by atoms with van der Waals surface area (Å²) in [5.41, 5.74) is 1.70. The van der Waals surface area contributed by atoms with Gasteiger partial charge in [0.15, 0.2) is 0 Å². The normalized spacial score (nSPS) is 20.3. The zero-order chi connectivity index (χ0) is 28.2. The number of hydrogen-bond donors (Lipinski definition) is 2. The Morgan fingerprint density at radius 2 is 1.90 bits per heavy atom. The smallest absolute Gasteiger partial charge is 0.257 e. The first-order valence-corrected chi connectivity index (χ1v) is 13.4. The third kappa shape index (κ3) is 6.26. The minimum Gasteiger partial charge on any atom is -0.490 e. The van der Waals surface area contributed by atoms with Crippen molar-refractivity contribution >= 4 is 35.0 Å². The van der Waals surface area contributed by atoms with Crippen LogP contribution < -0.4 is 15.4 Å². The fraction of sp³-hybridized carbons (Fsp3) is 0.300. The van der Waals surface area contributed by atoms with Crippen LogP contribution in [0.3, 0.4) is 0 Å². The van der Waals surface area contributed by atoms with Gasteiger partial charge in [-0.15, -0.1) is 0 Å². The molecule has 0 spiro atoms. The van der Waals surface area contributed by atoms with Gasteiger partial charge in [-0.05, 0) is 60.9 Å². The molecule has 3 atom stereocenters. The molecule has 3 amide bonds. The molecule has 2 heterocycles. The number of amides is 3. The number of halogens is 2. The van der Waals surface area contributed by atoms with Crippen molar-refractivity contribution in [3.63, 3.8) is 0 Å². The topological polar surface area (TPSA) is 97.0 Å². The Balaban J connectivity index is 1.22. The first kappa shape index (κ1) is 27.6. The Morgan fingerprint density at radius 1 is 1.07 bits per heavy atom. The maximum absolute atomic E-state index is 13.5. The number of anilines is 1. The molecule has 0 bridgehead atoms. The van der Waals surface area contributed by atoms with Gasteiger partial charge in [0.05, 0.1) is 24.1 Å². The quantitative estimate of drug-likeness (QED) is 0.447. The molecular weight excluding hydrogens is 537 g/mol. The number of nitrogens with one attached hydrogen (secondary N) is 2. The predicted molar refractivity (Wildman–Crippen MR) is 148 cm³/mol. The Kier molecular flexibility index (Phi) is 8.32. The lowest BCUT2D eigenvalue weighted by molar-refractivity contribution is -0.134. The maximum Gasteiger partial charge on any atom is 0.257 e. The SMILES string of the molecule is CN1C(=O)c2cc(NC(=O)c3cccc(F)c3)ccc2OC[C@@H]2O[C@@H](CC(=O)NCc3ccccc3Cl)CC[C@@H]21. The second-order valence-corrected chi connectivity index (χ2v) is 10.3. The molecule has 3 aromatic carbocycles. The lowest BCUT2D eigenvalue weighted by Gasteiger charge is -2.42. The molecule has 1 fully saturated rings. The largest absolute Gasteiger partial charge is 0.490 e. The van der Waals surface area contributed by atoms with E-state index in [9.17, 15) is 18.8 Å². The summed E-state index contributed by atoms with van der Waals surface area (Å²) < 4.78 is 25.8. The number of carbonyl (C=O) groups excluding carboxylic acids is 3. The van der Waals surface area contributed by atoms with Gasteiger partial charge >= 0.3 is 0 Å². The number of rotatable bonds is 6. The molecular formula is C30H29ClFN3O5. The molecule has 2 aliphatic rings. The van der Waals surface area contributed by atoms with E-state index < -0.39 is 17.8 Å². The predicted octanol–water partition coefficient (Wildman–Crippen LogP) is 4.82. The van der Waals surface area contributed by atoms with Crippen molar-refractivity contribution < 1.29 is 28.2 Å². The number of hydrogen-bond acceptors (Lipinski definition) is 5. The molecule has 0 aromatic heterocycles. The lowest BCUT2D eigenvalue weighted by atomic mass is 9.94. The molecule has 208 valence electrons. The van der Waals surface area contributed by atoms with Gasteiger partial charge in [0.25, 0.3) is 11.8 Å². The van der Waals surface area contributed by atoms with Crippen molar-refractivity contribution in [2.75, 3.05) is 19.0 Å². The van der Waals surface area contributed by atoms with Crippen LogP contribution in [0.1, 0.15) is 45.5 Å². The van der Waals surface area contributed by atoms with Crippen molar-refractivity contribution in [1.82, 2.24) is 10.2 Å². The van der Waals surface area contributed by atoms with Gasteiger partial charge in [0.2, 0.25) is 5.91 Å². The summed E-state index contributed by atoms with van der Waals surface area (Å²) in [6.07, 6.45) is 0.721. The van der Waals surface area contributed by atoms with E-state index in [4.69, 9.17) is 21.1 Å². The van der Waals surface area contributed by atoms with E-state index in [1.54, 1.807) is 36.2 Å². The van der Waals surface area contributed by atoms with Crippen molar-refractivity contribution in [2.45, 2.75) is 44.1 Å². The zero-order valence-corrected chi connectivity index (χ0v) is 22.6. The van der Waals surface area contributed by atoms with Crippen LogP contribution in [0.2, 0.25) is 5.02 Å². The van der Waals surface area contributed by atoms with Crippen LogP contribution in [0.15, 0.2) is 66.7 Å². The third-order valence-electron chi connectivity index (χ3n) is 7.20. The summed E-state index contributed by atoms with van der Waals surface area (Å²) >= 11 is 6.17. The average molecular weight is 566 g/mol. The number of carbonyl (C=O) groups is 3. The second-order valence-electron chi connectivity index (χ2n) is 9.92. The van der Waals surface area contributed by atoms with Crippen molar-refractivity contribution in [1.29, 1.82) is 0 Å². The summed E-state index contributed by atoms with van der Waals surface area (Å²) in [5.74, 6) is -1.05. The number of ether oxygens (including phenoxy) is 2. The maximum atomic E-state index is 13.5. The van der Waals surface area contributed by atoms with Crippen LogP contribution in [0.25, 0.3) is 0 Å². The molecule has 3 aromatic rings. The van der Waals surface area contributed by atoms with Crippen LogP contribution in [0.4, 0.5) is 10.1 Å². The highest BCUT2D eigenvalue weighted by molar-refractivity contribution is 6.31. The van der Waals surface area contributed by atoms with E-state index >= 15 is 0 Å². The zero-order valence-electron chi connectivity index (χ0n) is 21.9. The Hall–Kier alpha value is -3.95. The molecule has 1 saturated heterocycles. The van der Waals surface area contributed by atoms with Gasteiger partial charge < -0.3 is 25.0 Å². The highest BCUT2D eigenvalue weighted by Gasteiger charge is 2.39. The van der Waals surface area contributed by atoms with Gasteiger partial charge in [-0.3, -0.25) is 14.4 Å². The molecule has 0 aliphatic carbocycles. The third-order valence-corrected chi connectivity index (χ3v) is 7.57. The fourth-order valence-corrected chi connectivity index (χ4v) is 5.26. The standard InChI is InChI=1S/C30H29ClFN3O5/c1-35-25-11-10-22(15-28(36)33-16-19-5-2-3-8-24(19)31)40-27(25)17-39-26-12-9-21(14-23(26)30(35)38)34-29(37)18-6-4-7-20(32)13-18/h2-9,12-14,22,25,27H,10-11,15-17H2,1H3,(H,33,36)(H,34,37)/t22-,25+,27+/m1/s1. The van der Waals surface area contributed by atoms with Gasteiger partial charge in [0, 0.05) is 29.9 Å². The van der Waals surface area contributed by atoms with Crippen molar-refractivity contribution in [2.24, 2.45) is 0 Å². The van der Waals surface area contributed by atoms with Crippen LogP contribution in [-0.4, -0.2) is 54.5 Å². The molecule has 8 nitrogen and oxygen atoms in total. The Bertz CT molecular complexity index is 1430. The van der Waals surface area contributed by atoms with Gasteiger partial charge in [-0.1, -0.05) is 35.9 Å². The number of fused-ring (bicyclic) bond motifs is 2. The number of likely N-dealkylation sites (N-methyl/N-ethyl adjacent to an activating group) is 1. The van der Waals surface area contributed by atoms with E-state index in [1.165, 1.54) is 18.2 Å². The Labute approximate surface area is 236 Å². The monoisotopic (exact) mass is 565 g/mol. The summed E-state index contributed by atoms with van der Waals surface area (Å²) in [5, 5.41) is 6.20. The summed E-state index contributed by atoms with van der Waals surface area (Å²) in [6.45, 7) is 0.529. The van der Waals surface area contributed by atoms with Crippen LogP contribution in [0.5, 0.6) is 5.75 Å². The van der Waals surface area contributed by atoms with Crippen LogP contribution >= 0.6 is 11.6 Å². The van der Waals surface area contributed by atoms with E-state index in [1.807, 2.05) is 18.2 Å². The second kappa shape index (κ2) is 12.1. The lowest BCUT2D eigenvalue weighted by Crippen LogP contribution is -2.53. The van der Waals surface area contributed by atoms with Crippen LogP contribution in [-0.2, 0) is 16.1 Å². The molecule has 10 heteroatoms. The molecule has 0 unspecified atom stereocenters. The summed E-state index contributed by atoms with van der Waals surface area (Å²) in [6, 6.07) is 17.3. The number of nitrogens with zero attached hydrogens (tertiary/aromatic N) is 1. The minimum atomic E-state index is -0.514. The summed E-state index contributed by atoms with van der Waals surface area (Å²) in [4.78, 5) is 40.3. The first-order valence-electron chi connectivity index (χ1n) is 13.0. The highest BCUT2D eigenvalue weighted by atomic mass is 35.5.